The number of nitrogens with one attached hydrogen (secondary N) is 1. The number of fused-ring (bicyclic) bond motifs is 3. The molecule has 1 fully saturated rings. The van der Waals surface area contributed by atoms with Crippen LogP contribution >= 0.6 is 12.2 Å². The van der Waals surface area contributed by atoms with Gasteiger partial charge in [0.2, 0.25) is 10.7 Å². The van der Waals surface area contributed by atoms with Crippen LogP contribution in [0.5, 0.6) is 5.75 Å². The highest BCUT2D eigenvalue weighted by Gasteiger charge is 2.35. The highest BCUT2D eigenvalue weighted by Crippen LogP contribution is 2.30. The second kappa shape index (κ2) is 8.23. The van der Waals surface area contributed by atoms with Gasteiger partial charge in [0, 0.05) is 31.6 Å². The summed E-state index contributed by atoms with van der Waals surface area (Å²) in [5.41, 5.74) is 1.75. The maximum absolute atomic E-state index is 13.0. The average Bonchev–Trinajstić information content (AvgIpc) is 3.16. The van der Waals surface area contributed by atoms with Crippen molar-refractivity contribution in [3.05, 3.63) is 53.3 Å². The van der Waals surface area contributed by atoms with Crippen molar-refractivity contribution in [3.8, 4) is 5.75 Å². The van der Waals surface area contributed by atoms with Crippen molar-refractivity contribution in [3.63, 3.8) is 0 Å². The van der Waals surface area contributed by atoms with Crippen molar-refractivity contribution in [2.45, 2.75) is 12.5 Å². The standard InChI is InChI=1S/C23H23N5O3S/c1-31-19-9-5-4-8-18(19)26-10-12-27(13-11-26)20(29)14-17-22(30)28-21(24-17)15-6-2-3-7-16(15)25-23(28)32/h2-9,17,24H,10-14H2,1H3/t17-/m1/s1. The molecule has 1 atom stereocenters. The van der Waals surface area contributed by atoms with Gasteiger partial charge in [0.05, 0.1) is 24.7 Å². The molecule has 0 aliphatic carbocycles. The molecule has 2 aliphatic heterocycles. The minimum atomic E-state index is -0.649. The zero-order valence-electron chi connectivity index (χ0n) is 17.7. The predicted octanol–water partition coefficient (Wildman–Crippen LogP) is 2.95. The van der Waals surface area contributed by atoms with E-state index in [0.29, 0.717) is 32.0 Å². The Balaban J connectivity index is 1.27. The van der Waals surface area contributed by atoms with E-state index in [0.717, 1.165) is 22.3 Å². The molecule has 1 N–H and O–H groups in total. The lowest BCUT2D eigenvalue weighted by atomic mass is 10.1. The van der Waals surface area contributed by atoms with Gasteiger partial charge in [-0.2, -0.15) is 0 Å². The van der Waals surface area contributed by atoms with Gasteiger partial charge in [-0.25, -0.2) is 9.55 Å². The number of methoxy groups -OCH3 is 1. The molecule has 0 radical (unpaired) electrons. The minimum Gasteiger partial charge on any atom is -0.495 e. The molecule has 0 unspecified atom stereocenters. The SMILES string of the molecule is COc1ccccc1N1CCN(C(=O)C[C@H]2Nc3c4ccccc4nc(=S)n3C2=O)CC1. The van der Waals surface area contributed by atoms with Crippen LogP contribution in [0.15, 0.2) is 48.5 Å². The first-order valence-corrected chi connectivity index (χ1v) is 11.0. The van der Waals surface area contributed by atoms with Crippen LogP contribution in [0.1, 0.15) is 11.2 Å². The maximum Gasteiger partial charge on any atom is 0.257 e. The molecule has 8 nitrogen and oxygen atoms in total. The second-order valence-corrected chi connectivity index (χ2v) is 8.24. The van der Waals surface area contributed by atoms with Crippen LogP contribution in [-0.4, -0.2) is 65.6 Å². The van der Waals surface area contributed by atoms with Crippen LogP contribution < -0.4 is 15.0 Å². The van der Waals surface area contributed by atoms with Gasteiger partial charge >= 0.3 is 0 Å². The molecule has 3 aromatic rings. The maximum atomic E-state index is 13.0. The Hall–Kier alpha value is -3.46. The number of hydrogen-bond donors (Lipinski definition) is 1. The predicted molar refractivity (Wildman–Crippen MR) is 125 cm³/mol. The van der Waals surface area contributed by atoms with E-state index >= 15 is 0 Å². The Kier molecular flexibility index (Phi) is 5.26. The Morgan fingerprint density at radius 2 is 1.84 bits per heavy atom. The third-order valence-electron chi connectivity index (χ3n) is 6.06. The number of ether oxygens (including phenoxy) is 1. The summed E-state index contributed by atoms with van der Waals surface area (Å²) in [6.07, 6.45) is 0.0816. The van der Waals surface area contributed by atoms with Crippen molar-refractivity contribution in [2.24, 2.45) is 0 Å². The lowest BCUT2D eigenvalue weighted by Crippen LogP contribution is -2.50. The molecule has 1 amide bonds. The summed E-state index contributed by atoms with van der Waals surface area (Å²) >= 11 is 5.33. The second-order valence-electron chi connectivity index (χ2n) is 7.87. The Labute approximate surface area is 190 Å². The first-order valence-electron chi connectivity index (χ1n) is 10.5. The molecular formula is C23H23N5O3S. The summed E-state index contributed by atoms with van der Waals surface area (Å²) in [5, 5.41) is 4.03. The third-order valence-corrected chi connectivity index (χ3v) is 6.33. The molecular weight excluding hydrogens is 426 g/mol. The van der Waals surface area contributed by atoms with E-state index in [1.165, 1.54) is 4.57 Å². The van der Waals surface area contributed by atoms with Crippen LogP contribution in [0.4, 0.5) is 11.5 Å². The molecule has 1 aromatic heterocycles. The van der Waals surface area contributed by atoms with Crippen LogP contribution in [0.25, 0.3) is 10.9 Å². The smallest absolute Gasteiger partial charge is 0.257 e. The topological polar surface area (TPSA) is 79.7 Å². The first-order chi connectivity index (χ1) is 15.6. The number of benzene rings is 2. The number of hydrogen-bond acceptors (Lipinski definition) is 7. The number of piperazine rings is 1. The van der Waals surface area contributed by atoms with E-state index in [9.17, 15) is 9.59 Å². The number of amides is 1. The van der Waals surface area contributed by atoms with Gasteiger partial charge in [0.25, 0.3) is 5.91 Å². The van der Waals surface area contributed by atoms with Crippen molar-refractivity contribution >= 4 is 46.4 Å². The molecule has 0 bridgehead atoms. The Bertz CT molecular complexity index is 1270. The highest BCUT2D eigenvalue weighted by molar-refractivity contribution is 7.71. The van der Waals surface area contributed by atoms with Gasteiger partial charge in [0.15, 0.2) is 0 Å². The van der Waals surface area contributed by atoms with Gasteiger partial charge in [-0.05, 0) is 36.5 Å². The summed E-state index contributed by atoms with van der Waals surface area (Å²) in [5.74, 6) is 1.16. The summed E-state index contributed by atoms with van der Waals surface area (Å²) in [7, 11) is 1.66. The summed E-state index contributed by atoms with van der Waals surface area (Å²) in [6, 6.07) is 14.8. The van der Waals surface area contributed by atoms with E-state index in [1.54, 1.807) is 7.11 Å². The first kappa shape index (κ1) is 20.4. The van der Waals surface area contributed by atoms with E-state index in [4.69, 9.17) is 17.0 Å². The van der Waals surface area contributed by atoms with E-state index in [1.807, 2.05) is 53.4 Å². The van der Waals surface area contributed by atoms with Gasteiger partial charge in [-0.1, -0.05) is 24.3 Å². The van der Waals surface area contributed by atoms with E-state index in [2.05, 4.69) is 15.2 Å². The molecule has 1 saturated heterocycles. The number of nitrogens with zero attached hydrogens (tertiary/aromatic N) is 4. The summed E-state index contributed by atoms with van der Waals surface area (Å²) in [6.45, 7) is 2.60. The molecule has 3 heterocycles. The van der Waals surface area contributed by atoms with Crippen molar-refractivity contribution in [1.29, 1.82) is 0 Å². The Morgan fingerprint density at radius 1 is 1.12 bits per heavy atom. The van der Waals surface area contributed by atoms with Gasteiger partial charge in [-0.3, -0.25) is 9.59 Å². The fourth-order valence-electron chi connectivity index (χ4n) is 4.40. The van der Waals surface area contributed by atoms with Crippen molar-refractivity contribution in [2.75, 3.05) is 43.5 Å². The average molecular weight is 450 g/mol. The van der Waals surface area contributed by atoms with Gasteiger partial charge in [-0.15, -0.1) is 0 Å². The van der Waals surface area contributed by atoms with Crippen molar-refractivity contribution < 1.29 is 14.3 Å². The highest BCUT2D eigenvalue weighted by atomic mass is 32.1. The quantitative estimate of drug-likeness (QED) is 0.614. The normalized spacial score (nSPS) is 17.9. The molecule has 5 rings (SSSR count). The van der Waals surface area contributed by atoms with Crippen molar-refractivity contribution in [1.82, 2.24) is 14.5 Å². The number of para-hydroxylation sites is 3. The molecule has 9 heteroatoms. The molecule has 32 heavy (non-hydrogen) atoms. The summed E-state index contributed by atoms with van der Waals surface area (Å²) in [4.78, 5) is 34.4. The van der Waals surface area contributed by atoms with Crippen LogP contribution in [0.3, 0.4) is 0 Å². The molecule has 0 saturated carbocycles. The lowest BCUT2D eigenvalue weighted by molar-refractivity contribution is -0.131. The number of anilines is 2. The minimum absolute atomic E-state index is 0.0490. The third kappa shape index (κ3) is 3.48. The largest absolute Gasteiger partial charge is 0.495 e. The number of carbonyl (C=O) groups is 2. The number of carbonyl (C=O) groups excluding carboxylic acids is 2. The fraction of sp³-hybridized carbons (Fsp3) is 0.304. The monoisotopic (exact) mass is 449 g/mol. The van der Waals surface area contributed by atoms with Gasteiger partial charge < -0.3 is 19.9 Å². The zero-order valence-corrected chi connectivity index (χ0v) is 18.5. The summed E-state index contributed by atoms with van der Waals surface area (Å²) < 4.78 is 7.08. The molecule has 2 aliphatic rings. The Morgan fingerprint density at radius 3 is 2.62 bits per heavy atom. The van der Waals surface area contributed by atoms with Crippen LogP contribution in [0.2, 0.25) is 0 Å². The molecule has 164 valence electrons. The van der Waals surface area contributed by atoms with E-state index in [-0.39, 0.29) is 23.0 Å². The molecule has 0 spiro atoms. The lowest BCUT2D eigenvalue weighted by Gasteiger charge is -2.37. The zero-order chi connectivity index (χ0) is 22.2. The fourth-order valence-corrected chi connectivity index (χ4v) is 4.68. The van der Waals surface area contributed by atoms with Crippen LogP contribution in [-0.2, 0) is 4.79 Å². The van der Waals surface area contributed by atoms with Crippen LogP contribution in [0, 0.1) is 4.77 Å². The van der Waals surface area contributed by atoms with Gasteiger partial charge in [0.1, 0.15) is 17.6 Å². The number of rotatable bonds is 4. The molecule has 2 aromatic carbocycles. The van der Waals surface area contributed by atoms with E-state index < -0.39 is 6.04 Å². The number of aromatic nitrogens is 2.